The Bertz CT molecular complexity index is 1250. The van der Waals surface area contributed by atoms with Crippen molar-refractivity contribution in [3.8, 4) is 11.3 Å². The molecule has 3 aromatic rings. The second-order valence-corrected chi connectivity index (χ2v) is 9.75. The number of piperazine rings is 1. The van der Waals surface area contributed by atoms with Crippen molar-refractivity contribution in [1.29, 1.82) is 0 Å². The summed E-state index contributed by atoms with van der Waals surface area (Å²) >= 11 is 0. The zero-order valence-corrected chi connectivity index (χ0v) is 21.6. The average molecular weight is 515 g/mol. The molecule has 10 nitrogen and oxygen atoms in total. The molecule has 0 unspecified atom stereocenters. The van der Waals surface area contributed by atoms with Crippen LogP contribution in [0.2, 0.25) is 0 Å². The molecule has 2 aliphatic rings. The van der Waals surface area contributed by atoms with E-state index < -0.39 is 6.04 Å². The molecule has 0 spiro atoms. The van der Waals surface area contributed by atoms with Crippen molar-refractivity contribution < 1.29 is 9.59 Å². The zero-order chi connectivity index (χ0) is 26.5. The van der Waals surface area contributed by atoms with Crippen LogP contribution in [0, 0.1) is 0 Å². The molecule has 5 rings (SSSR count). The number of nitrogens with two attached hydrogens (primary N) is 1. The van der Waals surface area contributed by atoms with E-state index in [0.717, 1.165) is 68.2 Å². The molecule has 2 amide bonds. The summed E-state index contributed by atoms with van der Waals surface area (Å²) in [7, 11) is 0. The molecule has 0 saturated carbocycles. The van der Waals surface area contributed by atoms with E-state index in [1.54, 1.807) is 13.1 Å². The Morgan fingerprint density at radius 2 is 1.71 bits per heavy atom. The molecule has 2 aromatic carbocycles. The van der Waals surface area contributed by atoms with E-state index in [-0.39, 0.29) is 17.9 Å². The molecule has 2 atom stereocenters. The molecule has 0 bridgehead atoms. The number of aromatic nitrogens is 2. The lowest BCUT2D eigenvalue weighted by Gasteiger charge is -2.37. The van der Waals surface area contributed by atoms with Crippen molar-refractivity contribution in [3.05, 3.63) is 60.8 Å². The Kier molecular flexibility index (Phi) is 7.81. The molecule has 0 radical (unpaired) electrons. The van der Waals surface area contributed by atoms with E-state index in [9.17, 15) is 9.59 Å². The van der Waals surface area contributed by atoms with E-state index in [1.165, 1.54) is 0 Å². The van der Waals surface area contributed by atoms with Gasteiger partial charge in [0.05, 0.1) is 17.8 Å². The van der Waals surface area contributed by atoms with Crippen molar-refractivity contribution in [2.24, 2.45) is 5.73 Å². The first-order valence-electron chi connectivity index (χ1n) is 13.1. The van der Waals surface area contributed by atoms with Gasteiger partial charge in [0.1, 0.15) is 0 Å². The summed E-state index contributed by atoms with van der Waals surface area (Å²) in [5.74, 6) is 0.511. The van der Waals surface area contributed by atoms with Gasteiger partial charge in [-0.15, -0.1) is 0 Å². The van der Waals surface area contributed by atoms with Crippen LogP contribution in [-0.2, 0) is 9.59 Å². The Hall–Kier alpha value is -4.02. The maximum absolute atomic E-state index is 12.7. The molecule has 0 aliphatic carbocycles. The molecule has 198 valence electrons. The SMILES string of the molecule is C[C@@H](N)C(=O)Nc1ccc(-c2ccnc(Nc3ccc(N4CCN(C(=O)[C@@H]5CCCN5)CC4)cc3)n2)cc1. The number of hydrogen-bond acceptors (Lipinski definition) is 8. The van der Waals surface area contributed by atoms with Crippen molar-refractivity contribution in [2.75, 3.05) is 48.3 Å². The Labute approximate surface area is 222 Å². The van der Waals surface area contributed by atoms with Crippen molar-refractivity contribution >= 4 is 34.8 Å². The van der Waals surface area contributed by atoms with Gasteiger partial charge in [-0.1, -0.05) is 12.1 Å². The summed E-state index contributed by atoms with van der Waals surface area (Å²) in [4.78, 5) is 37.8. The first kappa shape index (κ1) is 25.6. The maximum Gasteiger partial charge on any atom is 0.240 e. The third-order valence-electron chi connectivity index (χ3n) is 6.96. The fourth-order valence-electron chi connectivity index (χ4n) is 4.75. The molecule has 2 saturated heterocycles. The Morgan fingerprint density at radius 1 is 1.00 bits per heavy atom. The number of hydrogen-bond donors (Lipinski definition) is 4. The molecule has 3 heterocycles. The smallest absolute Gasteiger partial charge is 0.240 e. The topological polar surface area (TPSA) is 129 Å². The van der Waals surface area contributed by atoms with Crippen LogP contribution in [0.25, 0.3) is 11.3 Å². The van der Waals surface area contributed by atoms with E-state index in [0.29, 0.717) is 11.6 Å². The third kappa shape index (κ3) is 6.09. The third-order valence-corrected chi connectivity index (χ3v) is 6.96. The van der Waals surface area contributed by atoms with Gasteiger partial charge in [-0.25, -0.2) is 9.97 Å². The van der Waals surface area contributed by atoms with Gasteiger partial charge in [0.2, 0.25) is 17.8 Å². The minimum absolute atomic E-state index is 0.0000691. The maximum atomic E-state index is 12.7. The lowest BCUT2D eigenvalue weighted by atomic mass is 10.1. The second kappa shape index (κ2) is 11.6. The highest BCUT2D eigenvalue weighted by Gasteiger charge is 2.29. The monoisotopic (exact) mass is 514 g/mol. The summed E-state index contributed by atoms with van der Waals surface area (Å²) in [5, 5.41) is 9.36. The number of rotatable bonds is 7. The lowest BCUT2D eigenvalue weighted by molar-refractivity contribution is -0.133. The highest BCUT2D eigenvalue weighted by molar-refractivity contribution is 5.94. The highest BCUT2D eigenvalue weighted by Crippen LogP contribution is 2.24. The zero-order valence-electron chi connectivity index (χ0n) is 21.6. The molecule has 5 N–H and O–H groups in total. The number of carbonyl (C=O) groups is 2. The number of amides is 2. The molecule has 2 aliphatic heterocycles. The van der Waals surface area contributed by atoms with Crippen LogP contribution in [-0.4, -0.2) is 71.5 Å². The second-order valence-electron chi connectivity index (χ2n) is 9.75. The van der Waals surface area contributed by atoms with Gasteiger partial charge >= 0.3 is 0 Å². The first-order valence-corrected chi connectivity index (χ1v) is 13.1. The van der Waals surface area contributed by atoms with Crippen LogP contribution < -0.4 is 26.6 Å². The predicted octanol–water partition coefficient (Wildman–Crippen LogP) is 2.57. The Balaban J connectivity index is 1.17. The average Bonchev–Trinajstić information content (AvgIpc) is 3.49. The summed E-state index contributed by atoms with van der Waals surface area (Å²) < 4.78 is 0. The van der Waals surface area contributed by atoms with Gasteiger partial charge in [0, 0.05) is 55.0 Å². The quantitative estimate of drug-likeness (QED) is 0.379. The largest absolute Gasteiger partial charge is 0.368 e. The van der Waals surface area contributed by atoms with E-state index in [2.05, 4.69) is 43.0 Å². The number of benzene rings is 2. The summed E-state index contributed by atoms with van der Waals surface area (Å²) in [6.07, 6.45) is 3.74. The highest BCUT2D eigenvalue weighted by atomic mass is 16.2. The molecule has 1 aromatic heterocycles. The van der Waals surface area contributed by atoms with Gasteiger partial charge in [-0.3, -0.25) is 9.59 Å². The molecular formula is C28H34N8O2. The van der Waals surface area contributed by atoms with Gasteiger partial charge in [-0.05, 0) is 68.8 Å². The van der Waals surface area contributed by atoms with Gasteiger partial charge in [0.15, 0.2) is 0 Å². The van der Waals surface area contributed by atoms with Crippen molar-refractivity contribution in [2.45, 2.75) is 31.8 Å². The molecular weight excluding hydrogens is 480 g/mol. The number of nitrogens with one attached hydrogen (secondary N) is 3. The van der Waals surface area contributed by atoms with E-state index in [1.807, 2.05) is 47.4 Å². The molecule has 2 fully saturated rings. The van der Waals surface area contributed by atoms with Crippen LogP contribution >= 0.6 is 0 Å². The number of carbonyl (C=O) groups excluding carboxylic acids is 2. The molecule has 10 heteroatoms. The van der Waals surface area contributed by atoms with E-state index in [4.69, 9.17) is 5.73 Å². The minimum Gasteiger partial charge on any atom is -0.368 e. The van der Waals surface area contributed by atoms with Crippen molar-refractivity contribution in [3.63, 3.8) is 0 Å². The van der Waals surface area contributed by atoms with E-state index >= 15 is 0 Å². The normalized spacial score (nSPS) is 18.2. The first-order chi connectivity index (χ1) is 18.5. The summed E-state index contributed by atoms with van der Waals surface area (Å²) in [5.41, 5.74) is 9.99. The predicted molar refractivity (Wildman–Crippen MR) is 149 cm³/mol. The van der Waals surface area contributed by atoms with Crippen LogP contribution in [0.5, 0.6) is 0 Å². The van der Waals surface area contributed by atoms with Crippen LogP contribution in [0.1, 0.15) is 19.8 Å². The van der Waals surface area contributed by atoms with Crippen molar-refractivity contribution in [1.82, 2.24) is 20.2 Å². The fraction of sp³-hybridized carbons (Fsp3) is 0.357. The van der Waals surface area contributed by atoms with Crippen LogP contribution in [0.4, 0.5) is 23.0 Å². The van der Waals surface area contributed by atoms with Crippen LogP contribution in [0.15, 0.2) is 60.8 Å². The van der Waals surface area contributed by atoms with Gasteiger partial charge in [0.25, 0.3) is 0 Å². The van der Waals surface area contributed by atoms with Gasteiger partial charge in [-0.2, -0.15) is 0 Å². The molecule has 38 heavy (non-hydrogen) atoms. The summed E-state index contributed by atoms with van der Waals surface area (Å²) in [6, 6.07) is 16.9. The lowest BCUT2D eigenvalue weighted by Crippen LogP contribution is -2.53. The van der Waals surface area contributed by atoms with Crippen LogP contribution in [0.3, 0.4) is 0 Å². The Morgan fingerprint density at radius 3 is 2.37 bits per heavy atom. The standard InChI is InChI=1S/C28H34N8O2/c1-19(29)26(37)32-21-6-4-20(5-7-21)24-12-14-31-28(34-24)33-22-8-10-23(11-9-22)35-15-17-36(18-16-35)27(38)25-3-2-13-30-25/h4-12,14,19,25,30H,2-3,13,15-18,29H2,1H3,(H,32,37)(H,31,33,34)/t19-,25+/m1/s1. The fourth-order valence-corrected chi connectivity index (χ4v) is 4.75. The minimum atomic E-state index is -0.570. The summed E-state index contributed by atoms with van der Waals surface area (Å²) in [6.45, 7) is 5.73. The van der Waals surface area contributed by atoms with Gasteiger partial charge < -0.3 is 31.5 Å². The number of nitrogens with zero attached hydrogens (tertiary/aromatic N) is 4. The number of anilines is 4.